The summed E-state index contributed by atoms with van der Waals surface area (Å²) in [6.07, 6.45) is 0.748. The Bertz CT molecular complexity index is 603. The van der Waals surface area contributed by atoms with Crippen molar-refractivity contribution in [1.29, 1.82) is 0 Å². The second-order valence-corrected chi connectivity index (χ2v) is 5.84. The molecule has 3 heterocycles. The first kappa shape index (κ1) is 14.2. The molecule has 2 N–H and O–H groups in total. The van der Waals surface area contributed by atoms with Crippen molar-refractivity contribution in [2.45, 2.75) is 13.0 Å². The van der Waals surface area contributed by atoms with Crippen molar-refractivity contribution >= 4 is 23.1 Å². The summed E-state index contributed by atoms with van der Waals surface area (Å²) >= 11 is 1.59. The van der Waals surface area contributed by atoms with E-state index < -0.39 is 0 Å². The lowest BCUT2D eigenvalue weighted by Gasteiger charge is -2.10. The average molecular weight is 307 g/mol. The first-order valence-electron chi connectivity index (χ1n) is 6.89. The molecule has 0 bridgehead atoms. The fraction of sp³-hybridized carbons (Fsp3) is 0.429. The quantitative estimate of drug-likeness (QED) is 0.879. The average Bonchev–Trinajstić information content (AvgIpc) is 3.21. The lowest BCUT2D eigenvalue weighted by atomic mass is 10.1. The number of aliphatic hydroxyl groups is 1. The number of nitrogens with one attached hydrogen (secondary N) is 1. The van der Waals surface area contributed by atoms with Gasteiger partial charge in [0.1, 0.15) is 11.5 Å². The van der Waals surface area contributed by atoms with E-state index in [0.717, 1.165) is 17.0 Å². The van der Waals surface area contributed by atoms with E-state index in [1.807, 2.05) is 23.6 Å². The van der Waals surface area contributed by atoms with Gasteiger partial charge >= 0.3 is 0 Å². The number of carbonyl (C=O) groups excluding carboxylic acids is 1. The Labute approximate surface area is 126 Å². The summed E-state index contributed by atoms with van der Waals surface area (Å²) in [6, 6.07) is 5.78. The highest BCUT2D eigenvalue weighted by molar-refractivity contribution is 7.13. The van der Waals surface area contributed by atoms with E-state index in [1.165, 1.54) is 0 Å². The maximum absolute atomic E-state index is 12.2. The summed E-state index contributed by atoms with van der Waals surface area (Å²) in [5, 5.41) is 18.5. The Morgan fingerprint density at radius 2 is 2.52 bits per heavy atom. The molecule has 0 aliphatic carbocycles. The minimum Gasteiger partial charge on any atom is -0.394 e. The van der Waals surface area contributed by atoms with Crippen LogP contribution in [0.5, 0.6) is 0 Å². The van der Waals surface area contributed by atoms with Crippen LogP contribution in [0.15, 0.2) is 23.6 Å². The van der Waals surface area contributed by atoms with E-state index in [2.05, 4.69) is 10.4 Å². The highest BCUT2D eigenvalue weighted by atomic mass is 32.1. The van der Waals surface area contributed by atoms with Crippen molar-refractivity contribution in [2.24, 2.45) is 5.92 Å². The summed E-state index contributed by atoms with van der Waals surface area (Å²) in [5.74, 6) is 0.460. The van der Waals surface area contributed by atoms with Crippen molar-refractivity contribution in [3.8, 4) is 10.6 Å². The van der Waals surface area contributed by atoms with Crippen LogP contribution in [-0.4, -0.2) is 40.6 Å². The van der Waals surface area contributed by atoms with Crippen LogP contribution in [0.1, 0.15) is 6.42 Å². The van der Waals surface area contributed by atoms with Crippen LogP contribution in [0, 0.1) is 5.92 Å². The zero-order valence-electron chi connectivity index (χ0n) is 11.5. The monoisotopic (exact) mass is 307 g/mol. The van der Waals surface area contributed by atoms with E-state index in [9.17, 15) is 4.79 Å². The molecule has 1 atom stereocenters. The van der Waals surface area contributed by atoms with Crippen molar-refractivity contribution in [2.75, 3.05) is 25.1 Å². The Hall–Kier alpha value is -1.70. The van der Waals surface area contributed by atoms with Gasteiger partial charge in [0.15, 0.2) is 0 Å². The standard InChI is InChI=1S/C14H17N3O3S/c18-5-4-17-13(15-14(19)10-3-6-20-9-10)8-11(16-17)12-2-1-7-21-12/h1-2,7-8,10,18H,3-6,9H2,(H,15,19). The highest BCUT2D eigenvalue weighted by Crippen LogP contribution is 2.26. The van der Waals surface area contributed by atoms with Gasteiger partial charge in [-0.05, 0) is 17.9 Å². The van der Waals surface area contributed by atoms with Gasteiger partial charge in [-0.2, -0.15) is 5.10 Å². The van der Waals surface area contributed by atoms with Gasteiger partial charge in [-0.3, -0.25) is 4.79 Å². The lowest BCUT2D eigenvalue weighted by Crippen LogP contribution is -2.24. The second-order valence-electron chi connectivity index (χ2n) is 4.89. The molecule has 1 amide bonds. The van der Waals surface area contributed by atoms with Crippen molar-refractivity contribution in [3.05, 3.63) is 23.6 Å². The van der Waals surface area contributed by atoms with Crippen LogP contribution in [0.4, 0.5) is 5.82 Å². The van der Waals surface area contributed by atoms with Crippen LogP contribution in [0.2, 0.25) is 0 Å². The Kier molecular flexibility index (Phi) is 4.33. The molecule has 0 aromatic carbocycles. The van der Waals surface area contributed by atoms with Crippen LogP contribution in [0.25, 0.3) is 10.6 Å². The molecule has 6 nitrogen and oxygen atoms in total. The Balaban J connectivity index is 1.80. The van der Waals surface area contributed by atoms with Crippen LogP contribution >= 0.6 is 11.3 Å². The molecular formula is C14H17N3O3S. The molecule has 21 heavy (non-hydrogen) atoms. The molecule has 1 unspecified atom stereocenters. The maximum Gasteiger partial charge on any atom is 0.231 e. The summed E-state index contributed by atoms with van der Waals surface area (Å²) in [4.78, 5) is 13.2. The van der Waals surface area contributed by atoms with E-state index in [0.29, 0.717) is 25.6 Å². The number of rotatable bonds is 5. The number of hydrogen-bond acceptors (Lipinski definition) is 5. The minimum atomic E-state index is -0.104. The van der Waals surface area contributed by atoms with E-state index in [4.69, 9.17) is 9.84 Å². The third-order valence-corrected chi connectivity index (χ3v) is 4.31. The van der Waals surface area contributed by atoms with Crippen LogP contribution < -0.4 is 5.32 Å². The van der Waals surface area contributed by atoms with Gasteiger partial charge < -0.3 is 15.2 Å². The number of ether oxygens (including phenoxy) is 1. The molecule has 7 heteroatoms. The normalized spacial score (nSPS) is 18.0. The third kappa shape index (κ3) is 3.15. The zero-order chi connectivity index (χ0) is 14.7. The van der Waals surface area contributed by atoms with Crippen molar-refractivity contribution in [3.63, 3.8) is 0 Å². The van der Waals surface area contributed by atoms with Crippen molar-refractivity contribution in [1.82, 2.24) is 9.78 Å². The maximum atomic E-state index is 12.2. The molecule has 2 aromatic rings. The number of anilines is 1. The van der Waals surface area contributed by atoms with Gasteiger partial charge in [-0.1, -0.05) is 6.07 Å². The minimum absolute atomic E-state index is 0.0268. The van der Waals surface area contributed by atoms with E-state index in [1.54, 1.807) is 16.0 Å². The molecular weight excluding hydrogens is 290 g/mol. The first-order chi connectivity index (χ1) is 10.3. The zero-order valence-corrected chi connectivity index (χ0v) is 12.3. The van der Waals surface area contributed by atoms with Gasteiger partial charge in [-0.25, -0.2) is 4.68 Å². The summed E-state index contributed by atoms with van der Waals surface area (Å²) in [7, 11) is 0. The molecule has 0 spiro atoms. The largest absolute Gasteiger partial charge is 0.394 e. The number of aliphatic hydroxyl groups excluding tert-OH is 1. The second kappa shape index (κ2) is 6.38. The first-order valence-corrected chi connectivity index (χ1v) is 7.77. The predicted octanol–water partition coefficient (Wildman–Crippen LogP) is 1.58. The fourth-order valence-electron chi connectivity index (χ4n) is 2.30. The van der Waals surface area contributed by atoms with Crippen molar-refractivity contribution < 1.29 is 14.6 Å². The van der Waals surface area contributed by atoms with Gasteiger partial charge in [0.25, 0.3) is 0 Å². The number of carbonyl (C=O) groups is 1. The number of aromatic nitrogens is 2. The molecule has 1 aliphatic rings. The smallest absolute Gasteiger partial charge is 0.231 e. The lowest BCUT2D eigenvalue weighted by molar-refractivity contribution is -0.119. The number of amides is 1. The predicted molar refractivity (Wildman–Crippen MR) is 80.2 cm³/mol. The van der Waals surface area contributed by atoms with E-state index in [-0.39, 0.29) is 18.4 Å². The molecule has 1 aliphatic heterocycles. The third-order valence-electron chi connectivity index (χ3n) is 3.42. The van der Waals surface area contributed by atoms with Crippen LogP contribution in [-0.2, 0) is 16.1 Å². The Morgan fingerprint density at radius 1 is 1.62 bits per heavy atom. The molecule has 112 valence electrons. The van der Waals surface area contributed by atoms with Crippen LogP contribution in [0.3, 0.4) is 0 Å². The topological polar surface area (TPSA) is 76.4 Å². The summed E-state index contributed by atoms with van der Waals surface area (Å²) in [6.45, 7) is 1.43. The molecule has 3 rings (SSSR count). The van der Waals surface area contributed by atoms with Gasteiger partial charge in [0.2, 0.25) is 5.91 Å². The summed E-state index contributed by atoms with van der Waals surface area (Å²) in [5.41, 5.74) is 0.802. The van der Waals surface area contributed by atoms with Gasteiger partial charge in [0, 0.05) is 12.7 Å². The fourth-order valence-corrected chi connectivity index (χ4v) is 2.98. The summed E-state index contributed by atoms with van der Waals surface area (Å²) < 4.78 is 6.86. The molecule has 2 aromatic heterocycles. The Morgan fingerprint density at radius 3 is 3.19 bits per heavy atom. The molecule has 0 radical (unpaired) electrons. The molecule has 1 saturated heterocycles. The number of nitrogens with zero attached hydrogens (tertiary/aromatic N) is 2. The number of thiophene rings is 1. The number of hydrogen-bond donors (Lipinski definition) is 2. The highest BCUT2D eigenvalue weighted by Gasteiger charge is 2.24. The van der Waals surface area contributed by atoms with Gasteiger partial charge in [0.05, 0.1) is 30.6 Å². The molecule has 1 fully saturated rings. The SMILES string of the molecule is O=C(Nc1cc(-c2cccs2)nn1CCO)C1CCOC1. The van der Waals surface area contributed by atoms with E-state index >= 15 is 0 Å². The van der Waals surface area contributed by atoms with Gasteiger partial charge in [-0.15, -0.1) is 11.3 Å². The molecule has 0 saturated carbocycles.